The van der Waals surface area contributed by atoms with Crippen LogP contribution in [0.4, 0.5) is 0 Å². The van der Waals surface area contributed by atoms with Crippen LogP contribution in [0.1, 0.15) is 28.1 Å². The van der Waals surface area contributed by atoms with Crippen molar-refractivity contribution in [1.82, 2.24) is 4.57 Å². The van der Waals surface area contributed by atoms with Crippen LogP contribution in [-0.2, 0) is 0 Å². The van der Waals surface area contributed by atoms with Gasteiger partial charge in [0.2, 0.25) is 0 Å². The first kappa shape index (κ1) is 13.3. The van der Waals surface area contributed by atoms with Crippen molar-refractivity contribution >= 4 is 12.3 Å². The minimum atomic E-state index is 0.0610. The summed E-state index contributed by atoms with van der Waals surface area (Å²) in [4.78, 5) is 11.4. The quantitative estimate of drug-likeness (QED) is 0.799. The number of rotatable bonds is 2. The lowest BCUT2D eigenvalue weighted by molar-refractivity contribution is 0.977. The van der Waals surface area contributed by atoms with Crippen LogP contribution < -0.4 is 5.43 Å². The Balaban J connectivity index is 2.38. The van der Waals surface area contributed by atoms with E-state index in [1.165, 1.54) is 16.7 Å². The topological polar surface area (TPSA) is 22.0 Å². The molecule has 0 bridgehead atoms. The molecule has 0 saturated carbocycles. The maximum atomic E-state index is 11.4. The highest BCUT2D eigenvalue weighted by molar-refractivity contribution is 5.62. The Labute approximate surface area is 114 Å². The Morgan fingerprint density at radius 3 is 2.11 bits per heavy atom. The molecule has 0 fully saturated rings. The average molecular weight is 253 g/mol. The first-order chi connectivity index (χ1) is 8.97. The largest absolute Gasteiger partial charge is 0.325 e. The van der Waals surface area contributed by atoms with E-state index >= 15 is 0 Å². The van der Waals surface area contributed by atoms with E-state index in [1.807, 2.05) is 24.6 Å². The molecule has 0 aliphatic heterocycles. The molecule has 0 atom stereocenters. The molecule has 0 N–H and O–H groups in total. The van der Waals surface area contributed by atoms with Crippen LogP contribution in [0.2, 0.25) is 0 Å². The van der Waals surface area contributed by atoms with Crippen LogP contribution in [0.5, 0.6) is 0 Å². The highest BCUT2D eigenvalue weighted by atomic mass is 16.1. The highest BCUT2D eigenvalue weighted by Gasteiger charge is 1.98. The molecule has 0 saturated heterocycles. The molecular formula is C17H19NO. The molecular weight excluding hydrogens is 234 g/mol. The van der Waals surface area contributed by atoms with Gasteiger partial charge in [-0.1, -0.05) is 18.2 Å². The Kier molecular flexibility index (Phi) is 3.70. The van der Waals surface area contributed by atoms with Gasteiger partial charge in [-0.15, -0.1) is 0 Å². The van der Waals surface area contributed by atoms with Gasteiger partial charge in [-0.05, 0) is 50.5 Å². The van der Waals surface area contributed by atoms with E-state index in [1.54, 1.807) is 12.1 Å². The summed E-state index contributed by atoms with van der Waals surface area (Å²) in [5.41, 5.74) is 5.71. The van der Waals surface area contributed by atoms with Crippen LogP contribution in [0.25, 0.3) is 12.3 Å². The maximum absolute atomic E-state index is 11.4. The molecule has 98 valence electrons. The monoisotopic (exact) mass is 253 g/mol. The van der Waals surface area contributed by atoms with Gasteiger partial charge in [-0.3, -0.25) is 4.79 Å². The Hall–Kier alpha value is -2.09. The van der Waals surface area contributed by atoms with Crippen molar-refractivity contribution in [3.05, 3.63) is 68.6 Å². The number of aromatic nitrogens is 1. The van der Waals surface area contributed by atoms with E-state index in [0.717, 1.165) is 11.4 Å². The number of aryl methyl sites for hydroxylation is 4. The fraction of sp³-hybridized carbons (Fsp3) is 0.235. The molecule has 2 rings (SSSR count). The zero-order chi connectivity index (χ0) is 14.0. The van der Waals surface area contributed by atoms with Crippen molar-refractivity contribution in [1.29, 1.82) is 0 Å². The maximum Gasteiger partial charge on any atom is 0.182 e. The molecule has 0 aliphatic rings. The summed E-state index contributed by atoms with van der Waals surface area (Å²) in [6.45, 7) is 8.11. The summed E-state index contributed by atoms with van der Waals surface area (Å²) < 4.78 is 2.02. The third-order valence-corrected chi connectivity index (χ3v) is 3.41. The summed E-state index contributed by atoms with van der Waals surface area (Å²) in [5.74, 6) is 0. The van der Waals surface area contributed by atoms with Crippen molar-refractivity contribution in [2.75, 3.05) is 0 Å². The predicted octanol–water partition coefficient (Wildman–Crippen LogP) is 3.71. The van der Waals surface area contributed by atoms with E-state index < -0.39 is 0 Å². The number of pyridine rings is 1. The number of hydrogen-bond acceptors (Lipinski definition) is 1. The molecule has 19 heavy (non-hydrogen) atoms. The third-order valence-electron chi connectivity index (χ3n) is 3.41. The van der Waals surface area contributed by atoms with Crippen molar-refractivity contribution in [2.24, 2.45) is 0 Å². The minimum absolute atomic E-state index is 0.0610. The van der Waals surface area contributed by atoms with Crippen LogP contribution in [0.3, 0.4) is 0 Å². The second kappa shape index (κ2) is 5.27. The number of hydrogen-bond donors (Lipinski definition) is 0. The molecule has 2 heteroatoms. The molecule has 1 heterocycles. The van der Waals surface area contributed by atoms with Gasteiger partial charge in [0.1, 0.15) is 0 Å². The van der Waals surface area contributed by atoms with Crippen LogP contribution in [0.15, 0.2) is 35.1 Å². The molecule has 0 spiro atoms. The molecule has 2 aromatic rings. The zero-order valence-corrected chi connectivity index (χ0v) is 11.9. The smallest absolute Gasteiger partial charge is 0.182 e. The van der Waals surface area contributed by atoms with Gasteiger partial charge >= 0.3 is 0 Å². The number of nitrogens with zero attached hydrogens (tertiary/aromatic N) is 1. The summed E-state index contributed by atoms with van der Waals surface area (Å²) in [5, 5.41) is 0. The van der Waals surface area contributed by atoms with E-state index in [2.05, 4.69) is 38.1 Å². The second-order valence-electron chi connectivity index (χ2n) is 5.00. The van der Waals surface area contributed by atoms with E-state index in [9.17, 15) is 4.79 Å². The highest BCUT2D eigenvalue weighted by Crippen LogP contribution is 2.12. The summed E-state index contributed by atoms with van der Waals surface area (Å²) in [6.07, 6.45) is 4.07. The summed E-state index contributed by atoms with van der Waals surface area (Å²) in [7, 11) is 0. The zero-order valence-electron chi connectivity index (χ0n) is 11.9. The van der Waals surface area contributed by atoms with Crippen LogP contribution in [-0.4, -0.2) is 4.57 Å². The third kappa shape index (κ3) is 3.02. The van der Waals surface area contributed by atoms with Crippen molar-refractivity contribution in [2.45, 2.75) is 27.7 Å². The van der Waals surface area contributed by atoms with Crippen molar-refractivity contribution < 1.29 is 0 Å². The molecule has 2 nitrogen and oxygen atoms in total. The molecule has 1 aromatic heterocycles. The van der Waals surface area contributed by atoms with Gasteiger partial charge in [0.25, 0.3) is 0 Å². The minimum Gasteiger partial charge on any atom is -0.325 e. The standard InChI is InChI=1S/C17H19NO/c1-12-5-6-16(9-13(12)2)7-8-18-14(3)10-17(19)11-15(18)4/h5-11H,1-4H3/b8-7+. The van der Waals surface area contributed by atoms with Gasteiger partial charge in [0, 0.05) is 29.7 Å². The first-order valence-electron chi connectivity index (χ1n) is 6.42. The van der Waals surface area contributed by atoms with Gasteiger partial charge < -0.3 is 4.57 Å². The lowest BCUT2D eigenvalue weighted by Crippen LogP contribution is -2.08. The summed E-state index contributed by atoms with van der Waals surface area (Å²) >= 11 is 0. The van der Waals surface area contributed by atoms with Crippen LogP contribution >= 0.6 is 0 Å². The molecule has 0 unspecified atom stereocenters. The number of benzene rings is 1. The van der Waals surface area contributed by atoms with Crippen LogP contribution in [0, 0.1) is 27.7 Å². The fourth-order valence-electron chi connectivity index (χ4n) is 2.13. The van der Waals surface area contributed by atoms with Crippen molar-refractivity contribution in [3.63, 3.8) is 0 Å². The van der Waals surface area contributed by atoms with E-state index in [-0.39, 0.29) is 5.43 Å². The van der Waals surface area contributed by atoms with Gasteiger partial charge in [0.05, 0.1) is 0 Å². The normalized spacial score (nSPS) is 11.2. The van der Waals surface area contributed by atoms with Gasteiger partial charge in [0.15, 0.2) is 5.43 Å². The molecule has 0 aliphatic carbocycles. The fourth-order valence-corrected chi connectivity index (χ4v) is 2.13. The second-order valence-corrected chi connectivity index (χ2v) is 5.00. The van der Waals surface area contributed by atoms with Gasteiger partial charge in [-0.25, -0.2) is 0 Å². The predicted molar refractivity (Wildman–Crippen MR) is 81.3 cm³/mol. The SMILES string of the molecule is Cc1ccc(/C=C/n2c(C)cc(=O)cc2C)cc1C. The Morgan fingerprint density at radius 2 is 1.53 bits per heavy atom. The van der Waals surface area contributed by atoms with E-state index in [4.69, 9.17) is 0 Å². The molecule has 0 radical (unpaired) electrons. The van der Waals surface area contributed by atoms with Gasteiger partial charge in [-0.2, -0.15) is 0 Å². The summed E-state index contributed by atoms with van der Waals surface area (Å²) in [6, 6.07) is 9.70. The Bertz CT molecular complexity index is 667. The lowest BCUT2D eigenvalue weighted by atomic mass is 10.1. The average Bonchev–Trinajstić information content (AvgIpc) is 2.32. The first-order valence-corrected chi connectivity index (χ1v) is 6.42. The van der Waals surface area contributed by atoms with Crippen molar-refractivity contribution in [3.8, 4) is 0 Å². The molecule has 1 aromatic carbocycles. The molecule has 0 amide bonds. The lowest BCUT2D eigenvalue weighted by Gasteiger charge is -2.09. The van der Waals surface area contributed by atoms with E-state index in [0.29, 0.717) is 0 Å². The Morgan fingerprint density at radius 1 is 0.895 bits per heavy atom.